The molecule has 0 amide bonds. The molecule has 0 radical (unpaired) electrons. The highest BCUT2D eigenvalue weighted by Crippen LogP contribution is 2.31. The van der Waals surface area contributed by atoms with Crippen LogP contribution in [0.25, 0.3) is 22.3 Å². The van der Waals surface area contributed by atoms with Gasteiger partial charge in [0, 0.05) is 23.8 Å². The summed E-state index contributed by atoms with van der Waals surface area (Å²) in [6, 6.07) is 21.8. The fourth-order valence-electron chi connectivity index (χ4n) is 3.00. The second-order valence-electron chi connectivity index (χ2n) is 6.37. The van der Waals surface area contributed by atoms with Gasteiger partial charge in [-0.05, 0) is 18.1 Å². The van der Waals surface area contributed by atoms with Gasteiger partial charge in [-0.25, -0.2) is 0 Å². The molecular formula is C23H18O4. The Hall–Kier alpha value is -3.53. The van der Waals surface area contributed by atoms with Crippen molar-refractivity contribution in [3.8, 4) is 22.8 Å². The molecule has 0 aliphatic carbocycles. The van der Waals surface area contributed by atoms with Gasteiger partial charge in [-0.3, -0.25) is 4.79 Å². The van der Waals surface area contributed by atoms with Crippen molar-refractivity contribution in [1.82, 2.24) is 0 Å². The number of aromatic hydroxyl groups is 1. The second-order valence-corrected chi connectivity index (χ2v) is 6.37. The van der Waals surface area contributed by atoms with E-state index in [1.807, 2.05) is 61.5 Å². The van der Waals surface area contributed by atoms with E-state index in [0.717, 1.165) is 16.7 Å². The molecule has 27 heavy (non-hydrogen) atoms. The summed E-state index contributed by atoms with van der Waals surface area (Å²) in [4.78, 5) is 12.5. The van der Waals surface area contributed by atoms with Crippen molar-refractivity contribution in [3.05, 3.63) is 94.1 Å². The molecule has 0 fully saturated rings. The third-order valence-electron chi connectivity index (χ3n) is 4.50. The Morgan fingerprint density at radius 3 is 2.48 bits per heavy atom. The molecule has 4 aromatic rings. The lowest BCUT2D eigenvalue weighted by Crippen LogP contribution is -2.02. The third-order valence-corrected chi connectivity index (χ3v) is 4.50. The van der Waals surface area contributed by atoms with Gasteiger partial charge in [-0.1, -0.05) is 54.6 Å². The summed E-state index contributed by atoms with van der Waals surface area (Å²) in [7, 11) is 0. The van der Waals surface area contributed by atoms with E-state index >= 15 is 0 Å². The molecule has 0 atom stereocenters. The highest BCUT2D eigenvalue weighted by molar-refractivity contribution is 5.86. The molecule has 4 rings (SSSR count). The van der Waals surface area contributed by atoms with Crippen LogP contribution in [0.2, 0.25) is 0 Å². The summed E-state index contributed by atoms with van der Waals surface area (Å²) in [5.41, 5.74) is 2.97. The number of ether oxygens (including phenoxy) is 1. The maximum atomic E-state index is 12.5. The minimum Gasteiger partial charge on any atom is -0.507 e. The van der Waals surface area contributed by atoms with Crippen molar-refractivity contribution in [1.29, 1.82) is 0 Å². The lowest BCUT2D eigenvalue weighted by molar-refractivity contribution is 0.304. The van der Waals surface area contributed by atoms with Crippen molar-refractivity contribution in [2.75, 3.05) is 0 Å². The van der Waals surface area contributed by atoms with Crippen LogP contribution in [0.4, 0.5) is 0 Å². The SMILES string of the molecule is Cc1ccccc1COc1cc(O)c2c(=O)cc(-c3ccccc3)oc2c1. The van der Waals surface area contributed by atoms with E-state index in [4.69, 9.17) is 9.15 Å². The number of hydrogen-bond acceptors (Lipinski definition) is 4. The second kappa shape index (κ2) is 7.00. The zero-order valence-electron chi connectivity index (χ0n) is 14.8. The van der Waals surface area contributed by atoms with E-state index in [9.17, 15) is 9.90 Å². The molecule has 0 aliphatic rings. The first-order valence-electron chi connectivity index (χ1n) is 8.65. The summed E-state index contributed by atoms with van der Waals surface area (Å²) in [5.74, 6) is 0.737. The molecule has 0 unspecified atom stereocenters. The van der Waals surface area contributed by atoms with E-state index in [-0.39, 0.29) is 16.6 Å². The van der Waals surface area contributed by atoms with E-state index < -0.39 is 0 Å². The first-order chi connectivity index (χ1) is 13.1. The Bertz CT molecular complexity index is 1160. The minimum atomic E-state index is -0.293. The maximum absolute atomic E-state index is 12.5. The van der Waals surface area contributed by atoms with Crippen LogP contribution in [-0.2, 0) is 6.61 Å². The Morgan fingerprint density at radius 2 is 1.70 bits per heavy atom. The lowest BCUT2D eigenvalue weighted by atomic mass is 10.1. The van der Waals surface area contributed by atoms with Crippen LogP contribution in [0.1, 0.15) is 11.1 Å². The summed E-state index contributed by atoms with van der Waals surface area (Å²) in [6.45, 7) is 2.38. The Balaban J connectivity index is 1.73. The first kappa shape index (κ1) is 16.9. The Labute approximate surface area is 156 Å². The summed E-state index contributed by atoms with van der Waals surface area (Å²) >= 11 is 0. The number of benzene rings is 3. The number of aryl methyl sites for hydroxylation is 1. The van der Waals surface area contributed by atoms with Crippen molar-refractivity contribution in [2.45, 2.75) is 13.5 Å². The minimum absolute atomic E-state index is 0.151. The Kier molecular flexibility index (Phi) is 4.38. The van der Waals surface area contributed by atoms with Gasteiger partial charge in [0.15, 0.2) is 5.43 Å². The van der Waals surface area contributed by atoms with E-state index in [1.54, 1.807) is 6.07 Å². The molecule has 1 heterocycles. The molecule has 3 aromatic carbocycles. The molecular weight excluding hydrogens is 340 g/mol. The molecule has 134 valence electrons. The van der Waals surface area contributed by atoms with E-state index in [1.165, 1.54) is 12.1 Å². The van der Waals surface area contributed by atoms with Crippen molar-refractivity contribution in [3.63, 3.8) is 0 Å². The van der Waals surface area contributed by atoms with Gasteiger partial charge in [0.05, 0.1) is 0 Å². The van der Waals surface area contributed by atoms with Crippen LogP contribution in [0.15, 0.2) is 82.0 Å². The van der Waals surface area contributed by atoms with Crippen molar-refractivity contribution in [2.24, 2.45) is 0 Å². The normalized spacial score (nSPS) is 10.9. The standard InChI is InChI=1S/C23H18O4/c1-15-7-5-6-10-17(15)14-26-18-11-19(24)23-20(25)13-21(27-22(23)12-18)16-8-3-2-4-9-16/h2-13,24H,14H2,1H3. The van der Waals surface area contributed by atoms with Gasteiger partial charge in [0.25, 0.3) is 0 Å². The van der Waals surface area contributed by atoms with Gasteiger partial charge in [-0.15, -0.1) is 0 Å². The molecule has 0 spiro atoms. The number of rotatable bonds is 4. The number of phenolic OH excluding ortho intramolecular Hbond substituents is 1. The number of hydrogen-bond donors (Lipinski definition) is 1. The van der Waals surface area contributed by atoms with Crippen LogP contribution in [-0.4, -0.2) is 5.11 Å². The molecule has 1 N–H and O–H groups in total. The van der Waals surface area contributed by atoms with Gasteiger partial charge >= 0.3 is 0 Å². The lowest BCUT2D eigenvalue weighted by Gasteiger charge is -2.10. The van der Waals surface area contributed by atoms with Gasteiger partial charge in [0.1, 0.15) is 34.8 Å². The molecule has 0 aliphatic heterocycles. The van der Waals surface area contributed by atoms with Gasteiger partial charge < -0.3 is 14.3 Å². The summed E-state index contributed by atoms with van der Waals surface area (Å²) in [5, 5.41) is 10.5. The van der Waals surface area contributed by atoms with Crippen LogP contribution < -0.4 is 10.2 Å². The van der Waals surface area contributed by atoms with Gasteiger partial charge in [0.2, 0.25) is 0 Å². The van der Waals surface area contributed by atoms with Crippen molar-refractivity contribution >= 4 is 11.0 Å². The third kappa shape index (κ3) is 3.42. The van der Waals surface area contributed by atoms with Crippen LogP contribution in [0.3, 0.4) is 0 Å². The van der Waals surface area contributed by atoms with Gasteiger partial charge in [-0.2, -0.15) is 0 Å². The highest BCUT2D eigenvalue weighted by Gasteiger charge is 2.13. The first-order valence-corrected chi connectivity index (χ1v) is 8.65. The monoisotopic (exact) mass is 358 g/mol. The molecule has 1 aromatic heterocycles. The predicted octanol–water partition coefficient (Wildman–Crippen LogP) is 5.05. The Morgan fingerprint density at radius 1 is 0.963 bits per heavy atom. The molecule has 4 nitrogen and oxygen atoms in total. The van der Waals surface area contributed by atoms with Crippen LogP contribution in [0.5, 0.6) is 11.5 Å². The largest absolute Gasteiger partial charge is 0.507 e. The maximum Gasteiger partial charge on any atom is 0.197 e. The molecule has 0 saturated carbocycles. The van der Waals surface area contributed by atoms with E-state index in [2.05, 4.69) is 0 Å². The predicted molar refractivity (Wildman–Crippen MR) is 105 cm³/mol. The summed E-state index contributed by atoms with van der Waals surface area (Å²) in [6.07, 6.45) is 0. The number of fused-ring (bicyclic) bond motifs is 1. The molecule has 4 heteroatoms. The zero-order valence-corrected chi connectivity index (χ0v) is 14.8. The highest BCUT2D eigenvalue weighted by atomic mass is 16.5. The smallest absolute Gasteiger partial charge is 0.197 e. The average Bonchev–Trinajstić information content (AvgIpc) is 2.67. The molecule has 0 bridgehead atoms. The van der Waals surface area contributed by atoms with Crippen LogP contribution >= 0.6 is 0 Å². The van der Waals surface area contributed by atoms with Crippen LogP contribution in [0, 0.1) is 6.92 Å². The van der Waals surface area contributed by atoms with E-state index in [0.29, 0.717) is 23.7 Å². The average molecular weight is 358 g/mol. The summed E-state index contributed by atoms with van der Waals surface area (Å²) < 4.78 is 11.7. The number of phenols is 1. The fraction of sp³-hybridized carbons (Fsp3) is 0.0870. The zero-order chi connectivity index (χ0) is 18.8. The van der Waals surface area contributed by atoms with Crippen molar-refractivity contribution < 1.29 is 14.3 Å². The fourth-order valence-corrected chi connectivity index (χ4v) is 3.00. The molecule has 0 saturated heterocycles. The quantitative estimate of drug-likeness (QED) is 0.554. The topological polar surface area (TPSA) is 59.7 Å².